The number of aliphatic hydroxyl groups excluding tert-OH is 1. The molecule has 4 nitrogen and oxygen atoms in total. The lowest BCUT2D eigenvalue weighted by molar-refractivity contribution is 0.177. The van der Waals surface area contributed by atoms with Crippen molar-refractivity contribution in [3.05, 3.63) is 45.1 Å². The molecule has 0 bridgehead atoms. The minimum absolute atomic E-state index is 0.398. The molecule has 6 heteroatoms. The molecule has 2 aromatic rings. The third kappa shape index (κ3) is 3.06. The Balaban J connectivity index is 2.17. The molecular formula is C11H11BrClN3O. The van der Waals surface area contributed by atoms with E-state index in [1.807, 2.05) is 6.07 Å². The maximum absolute atomic E-state index is 10.1. The highest BCUT2D eigenvalue weighted by molar-refractivity contribution is 9.10. The number of benzene rings is 1. The predicted octanol–water partition coefficient (Wildman–Crippen LogP) is 2.51. The molecule has 0 saturated carbocycles. The van der Waals surface area contributed by atoms with Gasteiger partial charge in [-0.25, -0.2) is 0 Å². The molecule has 1 heterocycles. The zero-order chi connectivity index (χ0) is 12.4. The normalized spacial score (nSPS) is 12.7. The molecule has 1 aromatic heterocycles. The van der Waals surface area contributed by atoms with E-state index in [2.05, 4.69) is 26.2 Å². The maximum atomic E-state index is 10.1. The van der Waals surface area contributed by atoms with Gasteiger partial charge < -0.3 is 5.11 Å². The zero-order valence-corrected chi connectivity index (χ0v) is 11.5. The Bertz CT molecular complexity index is 529. The molecule has 0 amide bonds. The van der Waals surface area contributed by atoms with Crippen molar-refractivity contribution in [2.75, 3.05) is 0 Å². The number of aryl methyl sites for hydroxylation is 1. The number of aromatic nitrogens is 3. The summed E-state index contributed by atoms with van der Waals surface area (Å²) < 4.78 is 2.49. The molecule has 0 saturated heterocycles. The molecule has 1 atom stereocenters. The topological polar surface area (TPSA) is 50.9 Å². The summed E-state index contributed by atoms with van der Waals surface area (Å²) in [5, 5.41) is 18.4. The van der Waals surface area contributed by atoms with E-state index in [0.29, 0.717) is 17.0 Å². The molecule has 2 rings (SSSR count). The van der Waals surface area contributed by atoms with Gasteiger partial charge >= 0.3 is 0 Å². The van der Waals surface area contributed by atoms with Crippen molar-refractivity contribution in [2.24, 2.45) is 7.05 Å². The first kappa shape index (κ1) is 12.5. The van der Waals surface area contributed by atoms with E-state index >= 15 is 0 Å². The summed E-state index contributed by atoms with van der Waals surface area (Å²) in [7, 11) is 1.79. The Hall–Kier alpha value is -0.910. The zero-order valence-electron chi connectivity index (χ0n) is 9.14. The molecule has 1 aromatic carbocycles. The van der Waals surface area contributed by atoms with Gasteiger partial charge in [-0.15, -0.1) is 5.10 Å². The highest BCUT2D eigenvalue weighted by Gasteiger charge is 2.14. The van der Waals surface area contributed by atoms with E-state index in [9.17, 15) is 5.11 Å². The second kappa shape index (κ2) is 5.16. The second-order valence-electron chi connectivity index (χ2n) is 3.77. The molecule has 0 radical (unpaired) electrons. The van der Waals surface area contributed by atoms with Crippen LogP contribution in [0.25, 0.3) is 0 Å². The lowest BCUT2D eigenvalue weighted by Crippen LogP contribution is -2.03. The largest absolute Gasteiger partial charge is 0.388 e. The molecule has 1 N–H and O–H groups in total. The third-order valence-corrected chi connectivity index (χ3v) is 3.19. The van der Waals surface area contributed by atoms with Gasteiger partial charge in [-0.2, -0.15) is 0 Å². The Morgan fingerprint density at radius 1 is 1.53 bits per heavy atom. The first-order chi connectivity index (χ1) is 8.06. The molecule has 0 aliphatic carbocycles. The van der Waals surface area contributed by atoms with Gasteiger partial charge in [-0.1, -0.05) is 38.8 Å². The van der Waals surface area contributed by atoms with Crippen molar-refractivity contribution in [2.45, 2.75) is 12.5 Å². The summed E-state index contributed by atoms with van der Waals surface area (Å²) in [6.45, 7) is 0. The van der Waals surface area contributed by atoms with Crippen LogP contribution in [0.3, 0.4) is 0 Å². The van der Waals surface area contributed by atoms with Gasteiger partial charge in [-0.3, -0.25) is 4.68 Å². The van der Waals surface area contributed by atoms with Crippen molar-refractivity contribution in [3.63, 3.8) is 0 Å². The standard InChI is InChI=1S/C11H11BrClN3O/c1-16-6-8(14-15-16)5-11(17)9-3-2-7(12)4-10(9)13/h2-4,6,11,17H,5H2,1H3. The minimum Gasteiger partial charge on any atom is -0.388 e. The lowest BCUT2D eigenvalue weighted by atomic mass is 10.1. The van der Waals surface area contributed by atoms with Crippen LogP contribution in [0.4, 0.5) is 0 Å². The number of halogens is 2. The first-order valence-electron chi connectivity index (χ1n) is 5.04. The third-order valence-electron chi connectivity index (χ3n) is 2.37. The Morgan fingerprint density at radius 3 is 2.88 bits per heavy atom. The minimum atomic E-state index is -0.674. The van der Waals surface area contributed by atoms with Gasteiger partial charge in [0.2, 0.25) is 0 Å². The van der Waals surface area contributed by atoms with Crippen LogP contribution in [-0.4, -0.2) is 20.1 Å². The molecule has 0 aliphatic heterocycles. The Labute approximate surface area is 112 Å². The number of hydrogen-bond donors (Lipinski definition) is 1. The van der Waals surface area contributed by atoms with Crippen molar-refractivity contribution < 1.29 is 5.11 Å². The van der Waals surface area contributed by atoms with Crippen LogP contribution >= 0.6 is 27.5 Å². The fourth-order valence-corrected chi connectivity index (χ4v) is 2.37. The van der Waals surface area contributed by atoms with E-state index in [1.165, 1.54) is 0 Å². The average Bonchev–Trinajstić information content (AvgIpc) is 2.63. The van der Waals surface area contributed by atoms with Gasteiger partial charge in [-0.05, 0) is 17.7 Å². The fraction of sp³-hybridized carbons (Fsp3) is 0.273. The van der Waals surface area contributed by atoms with Gasteiger partial charge in [0, 0.05) is 29.2 Å². The van der Waals surface area contributed by atoms with Crippen LogP contribution in [0.2, 0.25) is 5.02 Å². The summed E-state index contributed by atoms with van der Waals surface area (Å²) in [6.07, 6.45) is 1.50. The van der Waals surface area contributed by atoms with Crippen LogP contribution in [-0.2, 0) is 13.5 Å². The predicted molar refractivity (Wildman–Crippen MR) is 68.8 cm³/mol. The van der Waals surface area contributed by atoms with Gasteiger partial charge in [0.25, 0.3) is 0 Å². The van der Waals surface area contributed by atoms with Crippen LogP contribution in [0.15, 0.2) is 28.9 Å². The quantitative estimate of drug-likeness (QED) is 0.946. The van der Waals surface area contributed by atoms with Crippen molar-refractivity contribution in [1.82, 2.24) is 15.0 Å². The summed E-state index contributed by atoms with van der Waals surface area (Å²) >= 11 is 9.39. The van der Waals surface area contributed by atoms with E-state index in [0.717, 1.165) is 10.2 Å². The van der Waals surface area contributed by atoms with Gasteiger partial charge in [0.05, 0.1) is 11.8 Å². The molecule has 1 unspecified atom stereocenters. The highest BCUT2D eigenvalue weighted by atomic mass is 79.9. The average molecular weight is 317 g/mol. The van der Waals surface area contributed by atoms with Crippen molar-refractivity contribution >= 4 is 27.5 Å². The molecule has 17 heavy (non-hydrogen) atoms. The van der Waals surface area contributed by atoms with Gasteiger partial charge in [0.15, 0.2) is 0 Å². The van der Waals surface area contributed by atoms with E-state index < -0.39 is 6.10 Å². The second-order valence-corrected chi connectivity index (χ2v) is 5.09. The fourth-order valence-electron chi connectivity index (χ4n) is 1.57. The van der Waals surface area contributed by atoms with E-state index in [4.69, 9.17) is 11.6 Å². The molecule has 0 fully saturated rings. The number of rotatable bonds is 3. The first-order valence-corrected chi connectivity index (χ1v) is 6.21. The van der Waals surface area contributed by atoms with Gasteiger partial charge in [0.1, 0.15) is 0 Å². The summed E-state index contributed by atoms with van der Waals surface area (Å²) in [6, 6.07) is 5.41. The molecule has 0 aliphatic rings. The molecule has 0 spiro atoms. The molecular weight excluding hydrogens is 305 g/mol. The monoisotopic (exact) mass is 315 g/mol. The van der Waals surface area contributed by atoms with Crippen LogP contribution in [0.5, 0.6) is 0 Å². The summed E-state index contributed by atoms with van der Waals surface area (Å²) in [5.74, 6) is 0. The lowest BCUT2D eigenvalue weighted by Gasteiger charge is -2.11. The number of nitrogens with zero attached hydrogens (tertiary/aromatic N) is 3. The van der Waals surface area contributed by atoms with E-state index in [1.54, 1.807) is 30.1 Å². The smallest absolute Gasteiger partial charge is 0.0861 e. The van der Waals surface area contributed by atoms with Crippen LogP contribution in [0.1, 0.15) is 17.4 Å². The SMILES string of the molecule is Cn1cc(CC(O)c2ccc(Br)cc2Cl)nn1. The summed E-state index contributed by atoms with van der Waals surface area (Å²) in [4.78, 5) is 0. The number of aliphatic hydroxyl groups is 1. The van der Waals surface area contributed by atoms with Crippen LogP contribution < -0.4 is 0 Å². The highest BCUT2D eigenvalue weighted by Crippen LogP contribution is 2.28. The Morgan fingerprint density at radius 2 is 2.29 bits per heavy atom. The summed E-state index contributed by atoms with van der Waals surface area (Å²) in [5.41, 5.74) is 1.43. The maximum Gasteiger partial charge on any atom is 0.0861 e. The Kier molecular flexibility index (Phi) is 3.81. The molecule has 90 valence electrons. The van der Waals surface area contributed by atoms with Crippen LogP contribution in [0, 0.1) is 0 Å². The van der Waals surface area contributed by atoms with E-state index in [-0.39, 0.29) is 0 Å². The van der Waals surface area contributed by atoms with Crippen molar-refractivity contribution in [1.29, 1.82) is 0 Å². The number of hydrogen-bond acceptors (Lipinski definition) is 3. The van der Waals surface area contributed by atoms with Crippen molar-refractivity contribution in [3.8, 4) is 0 Å².